The Morgan fingerprint density at radius 2 is 2.22 bits per heavy atom. The number of halogens is 2. The van der Waals surface area contributed by atoms with Crippen LogP contribution in [-0.2, 0) is 14.8 Å². The Kier molecular flexibility index (Phi) is 5.96. The second-order valence-electron chi connectivity index (χ2n) is 5.33. The van der Waals surface area contributed by atoms with E-state index in [0.29, 0.717) is 25.9 Å². The van der Waals surface area contributed by atoms with Crippen LogP contribution in [0.1, 0.15) is 12.8 Å². The maximum atomic E-state index is 13.9. The van der Waals surface area contributed by atoms with Crippen molar-refractivity contribution < 1.29 is 17.6 Å². The molecule has 1 amide bonds. The summed E-state index contributed by atoms with van der Waals surface area (Å²) in [6.07, 6.45) is 1.10. The molecule has 0 aromatic heterocycles. The molecule has 0 saturated carbocycles. The molecule has 1 aromatic rings. The number of piperidine rings is 1. The van der Waals surface area contributed by atoms with E-state index in [9.17, 15) is 17.6 Å². The van der Waals surface area contributed by atoms with Crippen LogP contribution in [-0.4, -0.2) is 44.8 Å². The van der Waals surface area contributed by atoms with Crippen molar-refractivity contribution in [1.82, 2.24) is 9.62 Å². The molecule has 6 nitrogen and oxygen atoms in total. The molecule has 1 aliphatic rings. The highest BCUT2D eigenvalue weighted by molar-refractivity contribution is 7.89. The molecule has 1 atom stereocenters. The maximum absolute atomic E-state index is 13.9. The third-order valence-corrected chi connectivity index (χ3v) is 6.08. The van der Waals surface area contributed by atoms with E-state index in [1.807, 2.05) is 0 Å². The second kappa shape index (κ2) is 7.57. The number of hydrogen-bond acceptors (Lipinski definition) is 4. The van der Waals surface area contributed by atoms with Crippen molar-refractivity contribution in [2.75, 3.05) is 26.2 Å². The fourth-order valence-electron chi connectivity index (χ4n) is 2.57. The number of carbonyl (C=O) groups excluding carboxylic acids is 1. The van der Waals surface area contributed by atoms with Crippen LogP contribution in [0.15, 0.2) is 23.1 Å². The summed E-state index contributed by atoms with van der Waals surface area (Å²) in [6.45, 7) is 0.879. The lowest BCUT2D eigenvalue weighted by Gasteiger charge is -2.31. The molecular formula is C14H19ClFN3O3S. The predicted octanol–water partition coefficient (Wildman–Crippen LogP) is 0.955. The summed E-state index contributed by atoms with van der Waals surface area (Å²) < 4.78 is 40.4. The molecule has 2 rings (SSSR count). The zero-order chi connectivity index (χ0) is 17.0. The van der Waals surface area contributed by atoms with Gasteiger partial charge in [-0.15, -0.1) is 0 Å². The van der Waals surface area contributed by atoms with E-state index in [1.54, 1.807) is 0 Å². The van der Waals surface area contributed by atoms with E-state index in [-0.39, 0.29) is 24.0 Å². The Morgan fingerprint density at radius 1 is 1.48 bits per heavy atom. The molecule has 1 saturated heterocycles. The van der Waals surface area contributed by atoms with Gasteiger partial charge in [-0.2, -0.15) is 4.31 Å². The molecule has 1 fully saturated rings. The van der Waals surface area contributed by atoms with Crippen LogP contribution >= 0.6 is 11.6 Å². The quantitative estimate of drug-likeness (QED) is 0.814. The van der Waals surface area contributed by atoms with Crippen LogP contribution in [0, 0.1) is 11.7 Å². The highest BCUT2D eigenvalue weighted by Crippen LogP contribution is 2.30. The summed E-state index contributed by atoms with van der Waals surface area (Å²) in [4.78, 5) is 11.5. The summed E-state index contributed by atoms with van der Waals surface area (Å²) in [6, 6.07) is 3.72. The molecule has 128 valence electrons. The smallest absolute Gasteiger partial charge is 0.247 e. The van der Waals surface area contributed by atoms with Crippen molar-refractivity contribution in [2.45, 2.75) is 17.7 Å². The summed E-state index contributed by atoms with van der Waals surface area (Å²) in [5.41, 5.74) is 5.33. The first-order valence-electron chi connectivity index (χ1n) is 7.30. The van der Waals surface area contributed by atoms with Crippen molar-refractivity contribution in [3.05, 3.63) is 29.0 Å². The Morgan fingerprint density at radius 3 is 2.87 bits per heavy atom. The predicted molar refractivity (Wildman–Crippen MR) is 85.0 cm³/mol. The van der Waals surface area contributed by atoms with Crippen molar-refractivity contribution >= 4 is 27.5 Å². The number of nitrogens with two attached hydrogens (primary N) is 1. The number of hydrogen-bond donors (Lipinski definition) is 2. The fraction of sp³-hybridized carbons (Fsp3) is 0.500. The van der Waals surface area contributed by atoms with Gasteiger partial charge in [0.05, 0.1) is 10.9 Å². The first kappa shape index (κ1) is 18.1. The van der Waals surface area contributed by atoms with E-state index in [1.165, 1.54) is 12.1 Å². The molecule has 1 unspecified atom stereocenters. The lowest BCUT2D eigenvalue weighted by molar-refractivity contribution is -0.126. The van der Waals surface area contributed by atoms with Gasteiger partial charge in [0, 0.05) is 26.2 Å². The van der Waals surface area contributed by atoms with Gasteiger partial charge >= 0.3 is 0 Å². The van der Waals surface area contributed by atoms with Gasteiger partial charge in [-0.1, -0.05) is 17.7 Å². The molecule has 1 heterocycles. The van der Waals surface area contributed by atoms with E-state index >= 15 is 0 Å². The van der Waals surface area contributed by atoms with Gasteiger partial charge in [0.25, 0.3) is 0 Å². The third-order valence-electron chi connectivity index (χ3n) is 3.72. The fourth-order valence-corrected chi connectivity index (χ4v) is 4.66. The van der Waals surface area contributed by atoms with Crippen molar-refractivity contribution in [2.24, 2.45) is 11.7 Å². The van der Waals surface area contributed by atoms with Crippen molar-refractivity contribution in [3.8, 4) is 0 Å². The van der Waals surface area contributed by atoms with E-state index in [0.717, 1.165) is 10.4 Å². The lowest BCUT2D eigenvalue weighted by atomic mass is 9.99. The minimum atomic E-state index is -4.09. The van der Waals surface area contributed by atoms with Gasteiger partial charge in [-0.05, 0) is 25.0 Å². The van der Waals surface area contributed by atoms with Crippen LogP contribution in [0.4, 0.5) is 4.39 Å². The van der Waals surface area contributed by atoms with Gasteiger partial charge in [0.1, 0.15) is 10.7 Å². The van der Waals surface area contributed by atoms with Gasteiger partial charge in [-0.25, -0.2) is 12.8 Å². The Balaban J connectivity index is 2.22. The highest BCUT2D eigenvalue weighted by atomic mass is 35.5. The van der Waals surface area contributed by atoms with E-state index in [2.05, 4.69) is 5.32 Å². The number of nitrogens with one attached hydrogen (secondary N) is 1. The van der Waals surface area contributed by atoms with Crippen molar-refractivity contribution in [1.29, 1.82) is 0 Å². The third kappa shape index (κ3) is 4.00. The number of benzene rings is 1. The molecule has 1 aliphatic heterocycles. The molecule has 23 heavy (non-hydrogen) atoms. The number of rotatable bonds is 5. The zero-order valence-corrected chi connectivity index (χ0v) is 14.0. The van der Waals surface area contributed by atoms with Crippen LogP contribution in [0.5, 0.6) is 0 Å². The summed E-state index contributed by atoms with van der Waals surface area (Å²) in [7, 11) is -4.09. The molecule has 0 spiro atoms. The van der Waals surface area contributed by atoms with Crippen LogP contribution < -0.4 is 11.1 Å². The average Bonchev–Trinajstić information content (AvgIpc) is 2.52. The number of carbonyl (C=O) groups is 1. The highest BCUT2D eigenvalue weighted by Gasteiger charge is 2.35. The molecule has 3 N–H and O–H groups in total. The monoisotopic (exact) mass is 363 g/mol. The minimum absolute atomic E-state index is 0.00337. The van der Waals surface area contributed by atoms with Crippen LogP contribution in [0.2, 0.25) is 5.02 Å². The first-order valence-corrected chi connectivity index (χ1v) is 9.11. The zero-order valence-electron chi connectivity index (χ0n) is 12.5. The second-order valence-corrected chi connectivity index (χ2v) is 7.61. The van der Waals surface area contributed by atoms with Crippen LogP contribution in [0.3, 0.4) is 0 Å². The number of amides is 1. The minimum Gasteiger partial charge on any atom is -0.355 e. The van der Waals surface area contributed by atoms with Crippen LogP contribution in [0.25, 0.3) is 0 Å². The normalized spacial score (nSPS) is 19.5. The van der Waals surface area contributed by atoms with E-state index < -0.39 is 26.7 Å². The summed E-state index contributed by atoms with van der Waals surface area (Å²) in [5, 5.41) is 2.48. The Hall–Kier alpha value is -1.22. The average molecular weight is 364 g/mol. The molecule has 1 aromatic carbocycles. The van der Waals surface area contributed by atoms with Crippen molar-refractivity contribution in [3.63, 3.8) is 0 Å². The van der Waals surface area contributed by atoms with Gasteiger partial charge in [0.2, 0.25) is 15.9 Å². The number of sulfonamides is 1. The maximum Gasteiger partial charge on any atom is 0.247 e. The molecule has 0 bridgehead atoms. The SMILES string of the molecule is NCCNC(=O)C1CCCN(S(=O)(=O)c2c(F)cccc2Cl)C1. The Labute approximate surface area is 139 Å². The largest absolute Gasteiger partial charge is 0.355 e. The summed E-state index contributed by atoms with van der Waals surface area (Å²) >= 11 is 5.86. The topological polar surface area (TPSA) is 92.5 Å². The lowest BCUT2D eigenvalue weighted by Crippen LogP contribution is -2.46. The molecule has 0 aliphatic carbocycles. The molecule has 0 radical (unpaired) electrons. The summed E-state index contributed by atoms with van der Waals surface area (Å²) in [5.74, 6) is -1.61. The van der Waals surface area contributed by atoms with E-state index in [4.69, 9.17) is 17.3 Å². The first-order chi connectivity index (χ1) is 10.9. The Bertz CT molecular complexity index is 664. The van der Waals surface area contributed by atoms with Gasteiger partial charge in [0.15, 0.2) is 0 Å². The van der Waals surface area contributed by atoms with Gasteiger partial charge in [-0.3, -0.25) is 4.79 Å². The number of nitrogens with zero attached hydrogens (tertiary/aromatic N) is 1. The van der Waals surface area contributed by atoms with Gasteiger partial charge < -0.3 is 11.1 Å². The molecule has 9 heteroatoms. The standard InChI is InChI=1S/C14H19ClFN3O3S/c15-11-4-1-5-12(16)13(11)23(21,22)19-8-2-3-10(9-19)14(20)18-7-6-17/h1,4-5,10H,2-3,6-9,17H2,(H,18,20). The molecular weight excluding hydrogens is 345 g/mol.